The van der Waals surface area contributed by atoms with Crippen LogP contribution >= 0.6 is 15.9 Å². The topological polar surface area (TPSA) is 33.0 Å². The van der Waals surface area contributed by atoms with Crippen molar-refractivity contribution in [3.8, 4) is 6.07 Å². The zero-order chi connectivity index (χ0) is 7.33. The maximum atomic E-state index is 8.43. The maximum absolute atomic E-state index is 8.43. The van der Waals surface area contributed by atoms with E-state index in [4.69, 9.17) is 10.00 Å². The first-order valence-corrected chi connectivity index (χ1v) is 3.86. The zero-order valence-electron chi connectivity index (χ0n) is 5.65. The number of hydrogen-bond donors (Lipinski definition) is 0. The second kappa shape index (κ2) is 3.86. The predicted molar refractivity (Wildman–Crippen MR) is 39.4 cm³/mol. The van der Waals surface area contributed by atoms with E-state index in [0.29, 0.717) is 6.61 Å². The van der Waals surface area contributed by atoms with E-state index >= 15 is 0 Å². The molecule has 0 atom stereocenters. The number of hydrogen-bond acceptors (Lipinski definition) is 2. The molecule has 0 rings (SSSR count). The van der Waals surface area contributed by atoms with Crippen molar-refractivity contribution in [2.24, 2.45) is 0 Å². The highest BCUT2D eigenvalue weighted by Gasteiger charge is 2.15. The van der Waals surface area contributed by atoms with Gasteiger partial charge in [0.25, 0.3) is 0 Å². The highest BCUT2D eigenvalue weighted by Crippen LogP contribution is 2.06. The van der Waals surface area contributed by atoms with E-state index in [-0.39, 0.29) is 0 Å². The van der Waals surface area contributed by atoms with Crippen LogP contribution in [0.2, 0.25) is 0 Å². The predicted octanol–water partition coefficient (Wildman–Crippen LogP) is 1.70. The Balaban J connectivity index is 3.49. The van der Waals surface area contributed by atoms with Gasteiger partial charge in [0.05, 0.1) is 12.7 Å². The smallest absolute Gasteiger partial charge is 0.148 e. The van der Waals surface area contributed by atoms with E-state index in [2.05, 4.69) is 15.9 Å². The van der Waals surface area contributed by atoms with Crippen molar-refractivity contribution in [2.75, 3.05) is 11.9 Å². The third kappa shape index (κ3) is 4.43. The average Bonchev–Trinajstić information content (AvgIpc) is 1.84. The summed E-state index contributed by atoms with van der Waals surface area (Å²) in [5, 5.41) is 9.21. The summed E-state index contributed by atoms with van der Waals surface area (Å²) in [5.41, 5.74) is -0.631. The Hall–Kier alpha value is -0.0700. The first-order valence-electron chi connectivity index (χ1n) is 2.73. The molecule has 0 spiro atoms. The molecule has 0 amide bonds. The number of ether oxygens (including phenoxy) is 1. The Bertz CT molecular complexity index is 117. The summed E-state index contributed by atoms with van der Waals surface area (Å²) in [6, 6.07) is 2.03. The summed E-state index contributed by atoms with van der Waals surface area (Å²) in [4.78, 5) is 0. The van der Waals surface area contributed by atoms with Crippen molar-refractivity contribution in [1.82, 2.24) is 0 Å². The third-order valence-electron chi connectivity index (χ3n) is 0.809. The Labute approximate surface area is 63.9 Å². The Morgan fingerprint density at radius 3 is 2.56 bits per heavy atom. The van der Waals surface area contributed by atoms with Gasteiger partial charge in [0.1, 0.15) is 5.60 Å². The molecule has 2 nitrogen and oxygen atoms in total. The van der Waals surface area contributed by atoms with Crippen LogP contribution in [0.5, 0.6) is 0 Å². The van der Waals surface area contributed by atoms with Gasteiger partial charge in [-0.15, -0.1) is 0 Å². The molecule has 9 heavy (non-hydrogen) atoms. The van der Waals surface area contributed by atoms with E-state index in [0.717, 1.165) is 5.33 Å². The SMILES string of the molecule is CC(C)(C#N)OCCBr. The van der Waals surface area contributed by atoms with Gasteiger partial charge >= 0.3 is 0 Å². The van der Waals surface area contributed by atoms with Gasteiger partial charge in [-0.3, -0.25) is 0 Å². The van der Waals surface area contributed by atoms with Crippen LogP contribution in [-0.2, 0) is 4.74 Å². The number of alkyl halides is 1. The van der Waals surface area contributed by atoms with Gasteiger partial charge in [0.2, 0.25) is 0 Å². The largest absolute Gasteiger partial charge is 0.360 e. The highest BCUT2D eigenvalue weighted by molar-refractivity contribution is 9.09. The van der Waals surface area contributed by atoms with E-state index in [9.17, 15) is 0 Å². The quantitative estimate of drug-likeness (QED) is 0.637. The zero-order valence-corrected chi connectivity index (χ0v) is 7.23. The van der Waals surface area contributed by atoms with Gasteiger partial charge in [-0.05, 0) is 13.8 Å². The molecule has 0 saturated heterocycles. The van der Waals surface area contributed by atoms with Crippen LogP contribution in [0.25, 0.3) is 0 Å². The second-order valence-corrected chi connectivity index (χ2v) is 2.95. The fourth-order valence-electron chi connectivity index (χ4n) is 0.326. The molecule has 0 bridgehead atoms. The van der Waals surface area contributed by atoms with E-state index in [1.165, 1.54) is 0 Å². The van der Waals surface area contributed by atoms with Crippen molar-refractivity contribution in [3.05, 3.63) is 0 Å². The number of nitriles is 1. The van der Waals surface area contributed by atoms with Crippen molar-refractivity contribution in [1.29, 1.82) is 5.26 Å². The summed E-state index contributed by atoms with van der Waals surface area (Å²) in [6.07, 6.45) is 0. The van der Waals surface area contributed by atoms with E-state index in [1.54, 1.807) is 13.8 Å². The molecule has 0 aliphatic carbocycles. The lowest BCUT2D eigenvalue weighted by molar-refractivity contribution is 0.0368. The lowest BCUT2D eigenvalue weighted by atomic mass is 10.2. The highest BCUT2D eigenvalue weighted by atomic mass is 79.9. The number of nitrogens with zero attached hydrogens (tertiary/aromatic N) is 1. The Morgan fingerprint density at radius 1 is 1.67 bits per heavy atom. The minimum Gasteiger partial charge on any atom is -0.360 e. The van der Waals surface area contributed by atoms with Gasteiger partial charge in [-0.25, -0.2) is 0 Å². The minimum absolute atomic E-state index is 0.584. The lowest BCUT2D eigenvalue weighted by Crippen LogP contribution is -2.22. The molecule has 0 aromatic heterocycles. The molecular formula is C6H10BrNO. The summed E-state index contributed by atoms with van der Waals surface area (Å²) in [7, 11) is 0. The van der Waals surface area contributed by atoms with Gasteiger partial charge in [-0.1, -0.05) is 15.9 Å². The lowest BCUT2D eigenvalue weighted by Gasteiger charge is -2.14. The van der Waals surface area contributed by atoms with Gasteiger partial charge in [-0.2, -0.15) is 5.26 Å². The molecule has 0 heterocycles. The molecule has 3 heteroatoms. The van der Waals surface area contributed by atoms with Crippen LogP contribution in [0.3, 0.4) is 0 Å². The molecule has 0 aromatic carbocycles. The van der Waals surface area contributed by atoms with Crippen LogP contribution in [0.15, 0.2) is 0 Å². The first-order chi connectivity index (χ1) is 4.12. The molecule has 0 unspecified atom stereocenters. The fourth-order valence-corrected chi connectivity index (χ4v) is 0.488. The van der Waals surface area contributed by atoms with Crippen molar-refractivity contribution < 1.29 is 4.74 Å². The molecule has 0 fully saturated rings. The second-order valence-electron chi connectivity index (χ2n) is 2.16. The molecule has 0 saturated carbocycles. The van der Waals surface area contributed by atoms with Crippen LogP contribution in [0, 0.1) is 11.3 Å². The fraction of sp³-hybridized carbons (Fsp3) is 0.833. The van der Waals surface area contributed by atoms with Gasteiger partial charge in [0, 0.05) is 5.33 Å². The normalized spacial score (nSPS) is 10.9. The molecule has 0 aliphatic heterocycles. The molecular weight excluding hydrogens is 182 g/mol. The molecule has 52 valence electrons. The summed E-state index contributed by atoms with van der Waals surface area (Å²) < 4.78 is 5.12. The van der Waals surface area contributed by atoms with Crippen LogP contribution < -0.4 is 0 Å². The third-order valence-corrected chi connectivity index (χ3v) is 1.13. The Kier molecular flexibility index (Phi) is 3.83. The van der Waals surface area contributed by atoms with Crippen molar-refractivity contribution in [2.45, 2.75) is 19.4 Å². The summed E-state index contributed by atoms with van der Waals surface area (Å²) in [6.45, 7) is 4.08. The summed E-state index contributed by atoms with van der Waals surface area (Å²) >= 11 is 3.20. The van der Waals surface area contributed by atoms with Crippen LogP contribution in [0.4, 0.5) is 0 Å². The van der Waals surface area contributed by atoms with Gasteiger partial charge < -0.3 is 4.74 Å². The van der Waals surface area contributed by atoms with E-state index in [1.807, 2.05) is 6.07 Å². The van der Waals surface area contributed by atoms with Crippen molar-refractivity contribution >= 4 is 15.9 Å². The van der Waals surface area contributed by atoms with Crippen LogP contribution in [0.1, 0.15) is 13.8 Å². The first kappa shape index (κ1) is 8.93. The average molecular weight is 192 g/mol. The molecule has 0 aromatic rings. The standard InChI is InChI=1S/C6H10BrNO/c1-6(2,5-8)9-4-3-7/h3-4H2,1-2H3. The monoisotopic (exact) mass is 191 g/mol. The number of rotatable bonds is 3. The molecule has 0 N–H and O–H groups in total. The van der Waals surface area contributed by atoms with Gasteiger partial charge in [0.15, 0.2) is 0 Å². The maximum Gasteiger partial charge on any atom is 0.148 e. The number of halogens is 1. The Morgan fingerprint density at radius 2 is 2.22 bits per heavy atom. The van der Waals surface area contributed by atoms with Crippen molar-refractivity contribution in [3.63, 3.8) is 0 Å². The minimum atomic E-state index is -0.631. The van der Waals surface area contributed by atoms with Crippen LogP contribution in [-0.4, -0.2) is 17.5 Å². The molecule has 0 radical (unpaired) electrons. The molecule has 0 aliphatic rings. The summed E-state index contributed by atoms with van der Waals surface area (Å²) in [5.74, 6) is 0. The van der Waals surface area contributed by atoms with E-state index < -0.39 is 5.60 Å².